The van der Waals surface area contributed by atoms with Gasteiger partial charge in [-0.3, -0.25) is 4.79 Å². The Morgan fingerprint density at radius 3 is 2.75 bits per heavy atom. The Hall–Kier alpha value is -0.980. The van der Waals surface area contributed by atoms with Gasteiger partial charge >= 0.3 is 0 Å². The molecule has 7 heteroatoms. The highest BCUT2D eigenvalue weighted by atomic mass is 35.5. The zero-order valence-corrected chi connectivity index (χ0v) is 16.0. The van der Waals surface area contributed by atoms with Crippen molar-refractivity contribution in [3.8, 4) is 0 Å². The lowest BCUT2D eigenvalue weighted by Gasteiger charge is -2.34. The number of carbonyl (C=O) groups excluding carboxylic acids is 1. The van der Waals surface area contributed by atoms with Gasteiger partial charge in [0.15, 0.2) is 5.78 Å². The van der Waals surface area contributed by atoms with E-state index in [0.29, 0.717) is 18.6 Å². The van der Waals surface area contributed by atoms with E-state index in [-0.39, 0.29) is 41.8 Å². The first-order chi connectivity index (χ1) is 11.4. The molecule has 2 atom stereocenters. The third-order valence-corrected chi connectivity index (χ3v) is 4.98. The number of aliphatic hydroxyl groups is 2. The fourth-order valence-electron chi connectivity index (χ4n) is 2.84. The van der Waals surface area contributed by atoms with Crippen molar-refractivity contribution < 1.29 is 19.8 Å². The minimum absolute atomic E-state index is 0.0123. The molecule has 2 N–H and O–H groups in total. The molecule has 0 bridgehead atoms. The standard InChI is InChI=1S/C17H26ClNO4S/c1-4-13(19-23-8-6-7-18)16-14(20)10-17(22,11-15(16)21)9-12(3)24-5-2/h6-7,12,20,22H,4-5,8-11H2,1-3H3/b7-6+,19-13-. The van der Waals surface area contributed by atoms with Crippen LogP contribution in [0.15, 0.2) is 28.1 Å². The lowest BCUT2D eigenvalue weighted by Crippen LogP contribution is -2.40. The van der Waals surface area contributed by atoms with Crippen LogP contribution in [0.5, 0.6) is 0 Å². The topological polar surface area (TPSA) is 79.1 Å². The lowest BCUT2D eigenvalue weighted by atomic mass is 9.79. The van der Waals surface area contributed by atoms with Crippen molar-refractivity contribution in [2.45, 2.75) is 57.3 Å². The highest BCUT2D eigenvalue weighted by molar-refractivity contribution is 7.99. The summed E-state index contributed by atoms with van der Waals surface area (Å²) in [4.78, 5) is 17.6. The summed E-state index contributed by atoms with van der Waals surface area (Å²) < 4.78 is 0. The first-order valence-electron chi connectivity index (χ1n) is 8.10. The molecule has 0 aromatic heterocycles. The van der Waals surface area contributed by atoms with Crippen LogP contribution < -0.4 is 0 Å². The molecule has 1 aliphatic carbocycles. The van der Waals surface area contributed by atoms with E-state index in [0.717, 1.165) is 5.75 Å². The molecule has 0 fully saturated rings. The molecule has 0 aromatic rings. The van der Waals surface area contributed by atoms with Gasteiger partial charge in [-0.05, 0) is 24.7 Å². The SMILES string of the molecule is CCSC(C)CC1(O)CC(=O)C(/C(CC)=N\OC/C=C/Cl)=C(O)C1. The lowest BCUT2D eigenvalue weighted by molar-refractivity contribution is -0.122. The maximum Gasteiger partial charge on any atom is 0.171 e. The summed E-state index contributed by atoms with van der Waals surface area (Å²) in [5, 5.41) is 25.2. The van der Waals surface area contributed by atoms with E-state index in [4.69, 9.17) is 16.4 Å². The van der Waals surface area contributed by atoms with E-state index in [1.165, 1.54) is 5.54 Å². The second-order valence-corrected chi connectivity index (χ2v) is 7.81. The summed E-state index contributed by atoms with van der Waals surface area (Å²) in [6, 6.07) is 0. The van der Waals surface area contributed by atoms with Crippen molar-refractivity contribution in [1.29, 1.82) is 0 Å². The Morgan fingerprint density at radius 2 is 2.21 bits per heavy atom. The average Bonchev–Trinajstić information content (AvgIpc) is 2.48. The zero-order chi connectivity index (χ0) is 18.2. The number of thioether (sulfide) groups is 1. The number of hydrogen-bond donors (Lipinski definition) is 2. The summed E-state index contributed by atoms with van der Waals surface area (Å²) >= 11 is 7.12. The largest absolute Gasteiger partial charge is 0.511 e. The Bertz CT molecular complexity index is 533. The molecular formula is C17H26ClNO4S. The van der Waals surface area contributed by atoms with Crippen LogP contribution in [0.25, 0.3) is 0 Å². The number of rotatable bonds is 9. The minimum Gasteiger partial charge on any atom is -0.511 e. The number of allylic oxidation sites excluding steroid dienone is 1. The average molecular weight is 376 g/mol. The highest BCUT2D eigenvalue weighted by Crippen LogP contribution is 2.36. The van der Waals surface area contributed by atoms with Gasteiger partial charge in [0.05, 0.1) is 16.9 Å². The molecule has 5 nitrogen and oxygen atoms in total. The number of oxime groups is 1. The summed E-state index contributed by atoms with van der Waals surface area (Å²) in [5.74, 6) is 0.533. The summed E-state index contributed by atoms with van der Waals surface area (Å²) in [6.07, 6.45) is 2.52. The maximum atomic E-state index is 12.5. The van der Waals surface area contributed by atoms with Gasteiger partial charge in [0.1, 0.15) is 12.4 Å². The van der Waals surface area contributed by atoms with Gasteiger partial charge in [0, 0.05) is 23.6 Å². The number of halogens is 1. The quantitative estimate of drug-likeness (QED) is 0.362. The van der Waals surface area contributed by atoms with Gasteiger partial charge < -0.3 is 15.1 Å². The number of nitrogens with zero attached hydrogens (tertiary/aromatic N) is 1. The smallest absolute Gasteiger partial charge is 0.171 e. The Kier molecular flexibility index (Phi) is 8.87. The molecule has 0 heterocycles. The number of aliphatic hydroxyl groups excluding tert-OH is 1. The van der Waals surface area contributed by atoms with Crippen LogP contribution in [0.1, 0.15) is 46.5 Å². The van der Waals surface area contributed by atoms with Crippen molar-refractivity contribution in [3.63, 3.8) is 0 Å². The van der Waals surface area contributed by atoms with Crippen molar-refractivity contribution in [2.75, 3.05) is 12.4 Å². The molecule has 136 valence electrons. The molecule has 2 unspecified atom stereocenters. The van der Waals surface area contributed by atoms with Gasteiger partial charge in [0.2, 0.25) is 0 Å². The molecule has 0 saturated carbocycles. The molecule has 0 aliphatic heterocycles. The number of hydrogen-bond acceptors (Lipinski definition) is 6. The van der Waals surface area contributed by atoms with Crippen LogP contribution in [-0.4, -0.2) is 44.9 Å². The van der Waals surface area contributed by atoms with Gasteiger partial charge in [-0.1, -0.05) is 37.5 Å². The summed E-state index contributed by atoms with van der Waals surface area (Å²) in [7, 11) is 0. The van der Waals surface area contributed by atoms with E-state index < -0.39 is 5.60 Å². The summed E-state index contributed by atoms with van der Waals surface area (Å²) in [6.45, 7) is 6.08. The van der Waals surface area contributed by atoms with Crippen LogP contribution in [0.3, 0.4) is 0 Å². The van der Waals surface area contributed by atoms with Crippen LogP contribution >= 0.6 is 23.4 Å². The third kappa shape index (κ3) is 6.15. The van der Waals surface area contributed by atoms with E-state index in [1.54, 1.807) is 17.8 Å². The number of carbonyl (C=O) groups is 1. The minimum atomic E-state index is -1.20. The maximum absolute atomic E-state index is 12.5. The molecule has 0 aromatic carbocycles. The fraction of sp³-hybridized carbons (Fsp3) is 0.647. The first kappa shape index (κ1) is 21.1. The fourth-order valence-corrected chi connectivity index (χ4v) is 3.91. The summed E-state index contributed by atoms with van der Waals surface area (Å²) in [5.41, 5.74) is 0.679. The molecule has 0 saturated heterocycles. The van der Waals surface area contributed by atoms with Crippen molar-refractivity contribution in [3.05, 3.63) is 22.9 Å². The van der Waals surface area contributed by atoms with E-state index in [2.05, 4.69) is 12.1 Å². The molecule has 0 amide bonds. The number of ketones is 1. The molecule has 0 radical (unpaired) electrons. The Morgan fingerprint density at radius 1 is 1.50 bits per heavy atom. The van der Waals surface area contributed by atoms with Crippen molar-refractivity contribution in [2.24, 2.45) is 5.16 Å². The Balaban J connectivity index is 2.92. The van der Waals surface area contributed by atoms with Gasteiger partial charge in [-0.25, -0.2) is 0 Å². The normalized spacial score (nSPS) is 23.9. The van der Waals surface area contributed by atoms with Crippen LogP contribution in [0.2, 0.25) is 0 Å². The van der Waals surface area contributed by atoms with Crippen LogP contribution in [-0.2, 0) is 9.63 Å². The molecular weight excluding hydrogens is 350 g/mol. The van der Waals surface area contributed by atoms with Crippen LogP contribution in [0, 0.1) is 0 Å². The predicted octanol–water partition coefficient (Wildman–Crippen LogP) is 3.96. The van der Waals surface area contributed by atoms with Gasteiger partial charge in [0.25, 0.3) is 0 Å². The number of Topliss-reactive ketones (excluding diaryl/α,β-unsaturated/α-hetero) is 1. The van der Waals surface area contributed by atoms with E-state index in [9.17, 15) is 15.0 Å². The third-order valence-electron chi connectivity index (χ3n) is 3.73. The van der Waals surface area contributed by atoms with Crippen molar-refractivity contribution in [1.82, 2.24) is 0 Å². The first-order valence-corrected chi connectivity index (χ1v) is 9.59. The van der Waals surface area contributed by atoms with Gasteiger partial charge in [-0.2, -0.15) is 11.8 Å². The molecule has 1 rings (SSSR count). The van der Waals surface area contributed by atoms with Gasteiger partial charge in [-0.15, -0.1) is 0 Å². The molecule has 24 heavy (non-hydrogen) atoms. The van der Waals surface area contributed by atoms with E-state index in [1.807, 2.05) is 13.8 Å². The van der Waals surface area contributed by atoms with Crippen LogP contribution in [0.4, 0.5) is 0 Å². The van der Waals surface area contributed by atoms with Crippen molar-refractivity contribution >= 4 is 34.9 Å². The highest BCUT2D eigenvalue weighted by Gasteiger charge is 2.40. The predicted molar refractivity (Wildman–Crippen MR) is 99.7 cm³/mol. The van der Waals surface area contributed by atoms with E-state index >= 15 is 0 Å². The molecule has 1 aliphatic rings. The second kappa shape index (κ2) is 10.1. The monoisotopic (exact) mass is 375 g/mol. The zero-order valence-electron chi connectivity index (χ0n) is 14.4. The Labute approximate surface area is 152 Å². The second-order valence-electron chi connectivity index (χ2n) is 5.84. The molecule has 0 spiro atoms.